The number of nitrogens with zero attached hydrogens (tertiary/aromatic N) is 2. The fraction of sp³-hybridized carbons (Fsp3) is 0.581. The van der Waals surface area contributed by atoms with Gasteiger partial charge in [-0.25, -0.2) is 0 Å². The summed E-state index contributed by atoms with van der Waals surface area (Å²) < 4.78 is 18.6. The first-order valence-electron chi connectivity index (χ1n) is 14.3. The standard InChI is InChI=1S/C31H46N2O4/c1-6-11-19-37-28-23-24(35-20-13-17-32(7-2)8-3)22-26-30(28)29-25(31(26)34)15-12-16-27(29)36-21-14-18-33(9-4)10-5/h12,15-16,22-23H,6-11,13-14,17-21H2,1-5H3. The molecule has 0 amide bonds. The maximum absolute atomic E-state index is 13.5. The number of carbonyl (C=O) groups excluding carboxylic acids is 1. The Labute approximate surface area is 223 Å². The van der Waals surface area contributed by atoms with Crippen molar-refractivity contribution in [3.8, 4) is 28.4 Å². The molecule has 0 saturated carbocycles. The first kappa shape index (κ1) is 29.0. The summed E-state index contributed by atoms with van der Waals surface area (Å²) in [6, 6.07) is 9.59. The minimum absolute atomic E-state index is 0.00697. The van der Waals surface area contributed by atoms with Crippen molar-refractivity contribution in [3.63, 3.8) is 0 Å². The molecule has 2 aromatic carbocycles. The summed E-state index contributed by atoms with van der Waals surface area (Å²) in [6.07, 6.45) is 3.87. The molecule has 6 heteroatoms. The molecule has 0 unspecified atom stereocenters. The van der Waals surface area contributed by atoms with Gasteiger partial charge in [0.25, 0.3) is 0 Å². The van der Waals surface area contributed by atoms with Crippen molar-refractivity contribution < 1.29 is 19.0 Å². The Morgan fingerprint density at radius 3 is 1.84 bits per heavy atom. The van der Waals surface area contributed by atoms with Gasteiger partial charge in [0, 0.05) is 41.4 Å². The van der Waals surface area contributed by atoms with Gasteiger partial charge < -0.3 is 24.0 Å². The van der Waals surface area contributed by atoms with Gasteiger partial charge in [0.2, 0.25) is 0 Å². The molecule has 3 rings (SSSR count). The highest BCUT2D eigenvalue weighted by atomic mass is 16.5. The van der Waals surface area contributed by atoms with Gasteiger partial charge in [-0.1, -0.05) is 53.2 Å². The van der Waals surface area contributed by atoms with Gasteiger partial charge >= 0.3 is 0 Å². The SMILES string of the molecule is CCCCOc1cc(OCCCN(CC)CC)cc2c1-c1c(OCCCN(CC)CC)cccc1C2=O. The van der Waals surface area contributed by atoms with Gasteiger partial charge in [-0.2, -0.15) is 0 Å². The van der Waals surface area contributed by atoms with E-state index < -0.39 is 0 Å². The number of fused-ring (bicyclic) bond motifs is 3. The molecule has 6 nitrogen and oxygen atoms in total. The highest BCUT2D eigenvalue weighted by Crippen LogP contribution is 2.49. The van der Waals surface area contributed by atoms with E-state index in [1.165, 1.54) is 0 Å². The molecule has 0 saturated heterocycles. The van der Waals surface area contributed by atoms with Crippen LogP contribution in [-0.4, -0.2) is 74.7 Å². The van der Waals surface area contributed by atoms with E-state index in [1.54, 1.807) is 0 Å². The minimum atomic E-state index is 0.00697. The number of rotatable bonds is 18. The first-order valence-corrected chi connectivity index (χ1v) is 14.3. The molecule has 0 radical (unpaired) electrons. The molecular weight excluding hydrogens is 464 g/mol. The second-order valence-corrected chi connectivity index (χ2v) is 9.51. The topological polar surface area (TPSA) is 51.2 Å². The molecule has 0 N–H and O–H groups in total. The van der Waals surface area contributed by atoms with E-state index in [0.29, 0.717) is 42.4 Å². The Bertz CT molecular complexity index is 999. The molecule has 0 spiro atoms. The summed E-state index contributed by atoms with van der Waals surface area (Å²) >= 11 is 0. The van der Waals surface area contributed by atoms with E-state index in [-0.39, 0.29) is 5.78 Å². The zero-order chi connectivity index (χ0) is 26.6. The molecule has 37 heavy (non-hydrogen) atoms. The third kappa shape index (κ3) is 7.48. The zero-order valence-electron chi connectivity index (χ0n) is 23.6. The molecule has 1 aliphatic carbocycles. The van der Waals surface area contributed by atoms with Crippen molar-refractivity contribution in [1.29, 1.82) is 0 Å². The third-order valence-corrected chi connectivity index (χ3v) is 7.15. The van der Waals surface area contributed by atoms with Crippen LogP contribution < -0.4 is 14.2 Å². The lowest BCUT2D eigenvalue weighted by molar-refractivity contribution is 0.104. The fourth-order valence-electron chi connectivity index (χ4n) is 4.82. The van der Waals surface area contributed by atoms with Crippen LogP contribution in [0.3, 0.4) is 0 Å². The van der Waals surface area contributed by atoms with E-state index in [0.717, 1.165) is 81.8 Å². The first-order chi connectivity index (χ1) is 18.1. The normalized spacial score (nSPS) is 12.2. The molecule has 0 bridgehead atoms. The van der Waals surface area contributed by atoms with Gasteiger partial charge in [0.05, 0.1) is 19.8 Å². The van der Waals surface area contributed by atoms with Crippen LogP contribution in [0, 0.1) is 0 Å². The van der Waals surface area contributed by atoms with Crippen LogP contribution in [0.25, 0.3) is 11.1 Å². The largest absolute Gasteiger partial charge is 0.493 e. The van der Waals surface area contributed by atoms with Crippen LogP contribution in [0.5, 0.6) is 17.2 Å². The summed E-state index contributed by atoms with van der Waals surface area (Å²) in [5.74, 6) is 2.15. The molecule has 0 heterocycles. The number of hydrogen-bond donors (Lipinski definition) is 0. The van der Waals surface area contributed by atoms with Gasteiger partial charge in [-0.05, 0) is 57.6 Å². The summed E-state index contributed by atoms with van der Waals surface area (Å²) in [4.78, 5) is 18.3. The summed E-state index contributed by atoms with van der Waals surface area (Å²) in [5, 5.41) is 0. The van der Waals surface area contributed by atoms with E-state index in [2.05, 4.69) is 44.4 Å². The predicted molar refractivity (Wildman–Crippen MR) is 152 cm³/mol. The maximum atomic E-state index is 13.5. The van der Waals surface area contributed by atoms with E-state index in [1.807, 2.05) is 30.3 Å². The summed E-state index contributed by atoms with van der Waals surface area (Å²) in [6.45, 7) is 18.8. The number of benzene rings is 2. The Morgan fingerprint density at radius 1 is 0.649 bits per heavy atom. The van der Waals surface area contributed by atoms with Crippen molar-refractivity contribution in [2.45, 2.75) is 60.3 Å². The summed E-state index contributed by atoms with van der Waals surface area (Å²) in [7, 11) is 0. The fourth-order valence-corrected chi connectivity index (χ4v) is 4.82. The van der Waals surface area contributed by atoms with Gasteiger partial charge in [-0.15, -0.1) is 0 Å². The van der Waals surface area contributed by atoms with Gasteiger partial charge in [0.15, 0.2) is 5.78 Å². The Hall–Kier alpha value is -2.57. The van der Waals surface area contributed by atoms with Crippen LogP contribution in [0.4, 0.5) is 0 Å². The monoisotopic (exact) mass is 510 g/mol. The number of carbonyl (C=O) groups is 1. The van der Waals surface area contributed by atoms with E-state index >= 15 is 0 Å². The van der Waals surface area contributed by atoms with Crippen LogP contribution in [0.1, 0.15) is 76.2 Å². The Morgan fingerprint density at radius 2 is 1.22 bits per heavy atom. The molecule has 0 atom stereocenters. The Kier molecular flexibility index (Phi) is 11.7. The zero-order valence-corrected chi connectivity index (χ0v) is 23.6. The molecule has 0 aliphatic heterocycles. The number of ketones is 1. The molecule has 1 aliphatic rings. The molecular formula is C31H46N2O4. The highest BCUT2D eigenvalue weighted by molar-refractivity contribution is 6.23. The molecule has 204 valence electrons. The minimum Gasteiger partial charge on any atom is -0.493 e. The molecule has 2 aromatic rings. The second kappa shape index (κ2) is 15.0. The third-order valence-electron chi connectivity index (χ3n) is 7.15. The number of unbranched alkanes of at least 4 members (excludes halogenated alkanes) is 1. The van der Waals surface area contributed by atoms with Crippen LogP contribution >= 0.6 is 0 Å². The number of hydrogen-bond acceptors (Lipinski definition) is 6. The van der Waals surface area contributed by atoms with Crippen molar-refractivity contribution in [3.05, 3.63) is 41.5 Å². The number of ether oxygens (including phenoxy) is 3. The quantitative estimate of drug-likeness (QED) is 0.187. The predicted octanol–water partition coefficient (Wildman–Crippen LogP) is 6.30. The lowest BCUT2D eigenvalue weighted by atomic mass is 10.0. The van der Waals surface area contributed by atoms with Crippen molar-refractivity contribution in [1.82, 2.24) is 9.80 Å². The van der Waals surface area contributed by atoms with Crippen molar-refractivity contribution in [2.24, 2.45) is 0 Å². The van der Waals surface area contributed by atoms with Crippen molar-refractivity contribution in [2.75, 3.05) is 59.1 Å². The maximum Gasteiger partial charge on any atom is 0.194 e. The van der Waals surface area contributed by atoms with Gasteiger partial charge in [0.1, 0.15) is 17.2 Å². The van der Waals surface area contributed by atoms with E-state index in [9.17, 15) is 4.79 Å². The van der Waals surface area contributed by atoms with Crippen LogP contribution in [0.2, 0.25) is 0 Å². The molecule has 0 aromatic heterocycles. The lowest BCUT2D eigenvalue weighted by Crippen LogP contribution is -2.25. The van der Waals surface area contributed by atoms with Crippen LogP contribution in [0.15, 0.2) is 30.3 Å². The van der Waals surface area contributed by atoms with Crippen LogP contribution in [-0.2, 0) is 0 Å². The second-order valence-electron chi connectivity index (χ2n) is 9.51. The summed E-state index contributed by atoms with van der Waals surface area (Å²) in [5.41, 5.74) is 3.01. The Balaban J connectivity index is 1.82. The van der Waals surface area contributed by atoms with E-state index in [4.69, 9.17) is 14.2 Å². The van der Waals surface area contributed by atoms with Crippen molar-refractivity contribution >= 4 is 5.78 Å². The average molecular weight is 511 g/mol. The average Bonchev–Trinajstić information content (AvgIpc) is 3.21. The molecule has 0 fully saturated rings. The smallest absolute Gasteiger partial charge is 0.194 e. The van der Waals surface area contributed by atoms with Gasteiger partial charge in [-0.3, -0.25) is 4.79 Å². The highest BCUT2D eigenvalue weighted by Gasteiger charge is 2.33. The lowest BCUT2D eigenvalue weighted by Gasteiger charge is -2.19.